The van der Waals surface area contributed by atoms with E-state index in [0.717, 1.165) is 32.0 Å². The zero-order chi connectivity index (χ0) is 23.8. The highest BCUT2D eigenvalue weighted by Gasteiger charge is 2.29. The van der Waals surface area contributed by atoms with Crippen LogP contribution in [0.1, 0.15) is 35.8 Å². The minimum Gasteiger partial charge on any atom is -0.383 e. The lowest BCUT2D eigenvalue weighted by atomic mass is 9.89. The maximum absolute atomic E-state index is 12.8. The molecule has 0 aliphatic rings. The smallest absolute Gasteiger partial charge is 0.270 e. The van der Waals surface area contributed by atoms with Gasteiger partial charge >= 0.3 is 0 Å². The van der Waals surface area contributed by atoms with Crippen LogP contribution in [0.4, 0.5) is 10.9 Å². The number of aromatic nitrogens is 3. The number of amides is 1. The Balaban J connectivity index is 1.39. The van der Waals surface area contributed by atoms with Gasteiger partial charge in [0.25, 0.3) is 5.91 Å². The molecule has 7 nitrogen and oxygen atoms in total. The van der Waals surface area contributed by atoms with E-state index in [0.29, 0.717) is 12.1 Å². The molecule has 3 N–H and O–H groups in total. The highest BCUT2D eigenvalue weighted by molar-refractivity contribution is 8.01. The molecule has 0 saturated heterocycles. The van der Waals surface area contributed by atoms with Crippen molar-refractivity contribution in [3.05, 3.63) is 90.5 Å². The van der Waals surface area contributed by atoms with Gasteiger partial charge in [0.2, 0.25) is 0 Å². The van der Waals surface area contributed by atoms with Crippen LogP contribution >= 0.6 is 23.1 Å². The second kappa shape index (κ2) is 11.2. The van der Waals surface area contributed by atoms with Gasteiger partial charge < -0.3 is 15.7 Å². The molecular formula is C25H25N5O2S2. The van der Waals surface area contributed by atoms with E-state index in [9.17, 15) is 9.90 Å². The van der Waals surface area contributed by atoms with Gasteiger partial charge in [-0.05, 0) is 36.2 Å². The molecule has 0 aliphatic heterocycles. The molecule has 4 rings (SSSR count). The van der Waals surface area contributed by atoms with Crippen LogP contribution in [0.3, 0.4) is 0 Å². The molecule has 0 bridgehead atoms. The Labute approximate surface area is 206 Å². The van der Waals surface area contributed by atoms with E-state index in [4.69, 9.17) is 0 Å². The third-order valence-electron chi connectivity index (χ3n) is 5.08. The van der Waals surface area contributed by atoms with Crippen molar-refractivity contribution >= 4 is 40.0 Å². The molecule has 0 saturated carbocycles. The van der Waals surface area contributed by atoms with Gasteiger partial charge in [-0.3, -0.25) is 9.78 Å². The number of anilines is 2. The topological polar surface area (TPSA) is 100 Å². The molecule has 1 atom stereocenters. The van der Waals surface area contributed by atoms with Crippen LogP contribution in [0.5, 0.6) is 0 Å². The normalized spacial score (nSPS) is 12.6. The molecule has 0 radical (unpaired) electrons. The second-order valence-corrected chi connectivity index (χ2v) is 10.0. The third kappa shape index (κ3) is 6.19. The number of carbonyl (C=O) groups excluding carboxylic acids is 1. The van der Waals surface area contributed by atoms with Crippen molar-refractivity contribution in [3.63, 3.8) is 0 Å². The van der Waals surface area contributed by atoms with Gasteiger partial charge in [-0.25, -0.2) is 9.97 Å². The molecule has 3 heterocycles. The average molecular weight is 492 g/mol. The van der Waals surface area contributed by atoms with Crippen LogP contribution in [-0.4, -0.2) is 32.5 Å². The summed E-state index contributed by atoms with van der Waals surface area (Å²) in [5.41, 5.74) is -0.0412. The fraction of sp³-hybridized carbons (Fsp3) is 0.200. The Kier molecular flexibility index (Phi) is 7.89. The molecule has 0 aliphatic carbocycles. The van der Waals surface area contributed by atoms with Crippen molar-refractivity contribution in [2.45, 2.75) is 34.5 Å². The number of pyridine rings is 2. The van der Waals surface area contributed by atoms with Crippen molar-refractivity contribution in [2.75, 3.05) is 11.9 Å². The van der Waals surface area contributed by atoms with Crippen molar-refractivity contribution in [2.24, 2.45) is 0 Å². The zero-order valence-corrected chi connectivity index (χ0v) is 20.3. The van der Waals surface area contributed by atoms with E-state index < -0.39 is 5.60 Å². The molecule has 4 aromatic rings. The molecule has 9 heteroatoms. The van der Waals surface area contributed by atoms with E-state index in [1.165, 1.54) is 23.1 Å². The predicted octanol–water partition coefficient (Wildman–Crippen LogP) is 5.25. The minimum absolute atomic E-state index is 0.111. The first kappa shape index (κ1) is 23.9. The molecule has 1 unspecified atom stereocenters. The number of hydrogen-bond donors (Lipinski definition) is 3. The zero-order valence-electron chi connectivity index (χ0n) is 18.6. The van der Waals surface area contributed by atoms with Crippen LogP contribution < -0.4 is 10.6 Å². The van der Waals surface area contributed by atoms with Gasteiger partial charge in [-0.15, -0.1) is 0 Å². The van der Waals surface area contributed by atoms with Gasteiger partial charge in [0.15, 0.2) is 5.13 Å². The summed E-state index contributed by atoms with van der Waals surface area (Å²) in [6, 6.07) is 18.7. The van der Waals surface area contributed by atoms with E-state index in [-0.39, 0.29) is 12.5 Å². The van der Waals surface area contributed by atoms with Crippen molar-refractivity contribution < 1.29 is 9.90 Å². The van der Waals surface area contributed by atoms with E-state index in [1.54, 1.807) is 24.7 Å². The van der Waals surface area contributed by atoms with Crippen molar-refractivity contribution in [1.82, 2.24) is 20.3 Å². The highest BCUT2D eigenvalue weighted by Crippen LogP contribution is 2.34. The third-order valence-corrected chi connectivity index (χ3v) is 7.09. The van der Waals surface area contributed by atoms with Gasteiger partial charge in [0.1, 0.15) is 17.1 Å². The number of aliphatic hydroxyl groups is 1. The maximum Gasteiger partial charge on any atom is 0.270 e. The van der Waals surface area contributed by atoms with Gasteiger partial charge in [0.05, 0.1) is 17.0 Å². The monoisotopic (exact) mass is 491 g/mol. The van der Waals surface area contributed by atoms with E-state index in [1.807, 2.05) is 61.5 Å². The summed E-state index contributed by atoms with van der Waals surface area (Å²) in [5, 5.41) is 18.0. The first-order valence-corrected chi connectivity index (χ1v) is 12.5. The summed E-state index contributed by atoms with van der Waals surface area (Å²) in [7, 11) is 0. The van der Waals surface area contributed by atoms with Crippen LogP contribution in [0, 0.1) is 0 Å². The summed E-state index contributed by atoms with van der Waals surface area (Å²) in [4.78, 5) is 26.5. The number of benzene rings is 1. The Morgan fingerprint density at radius 2 is 1.88 bits per heavy atom. The quantitative estimate of drug-likeness (QED) is 0.279. The lowest BCUT2D eigenvalue weighted by molar-refractivity contribution is 0.0261. The minimum atomic E-state index is -1.13. The molecule has 0 fully saturated rings. The molecule has 1 aromatic carbocycles. The van der Waals surface area contributed by atoms with E-state index in [2.05, 4.69) is 25.6 Å². The number of thiazole rings is 1. The van der Waals surface area contributed by atoms with Crippen LogP contribution in [-0.2, 0) is 5.60 Å². The maximum atomic E-state index is 12.8. The van der Waals surface area contributed by atoms with Crippen molar-refractivity contribution in [1.29, 1.82) is 0 Å². The van der Waals surface area contributed by atoms with Gasteiger partial charge in [-0.1, -0.05) is 72.8 Å². The predicted molar refractivity (Wildman–Crippen MR) is 136 cm³/mol. The number of rotatable bonds is 10. The Morgan fingerprint density at radius 3 is 2.65 bits per heavy atom. The van der Waals surface area contributed by atoms with Gasteiger partial charge in [-0.2, -0.15) is 0 Å². The summed E-state index contributed by atoms with van der Waals surface area (Å²) in [6.07, 6.45) is 6.45. The van der Waals surface area contributed by atoms with E-state index >= 15 is 0 Å². The molecule has 174 valence electrons. The summed E-state index contributed by atoms with van der Waals surface area (Å²) in [6.45, 7) is 2.12. The molecule has 3 aromatic heterocycles. The Hall–Kier alpha value is -3.27. The molecule has 34 heavy (non-hydrogen) atoms. The highest BCUT2D eigenvalue weighted by atomic mass is 32.2. The number of carbonyl (C=O) groups is 1. The summed E-state index contributed by atoms with van der Waals surface area (Å²) in [5.74, 6) is 0.407. The SMILES string of the molecule is CCCC(O)(CNC(=O)c1cc(Sc2cnc(Nc3ccccn3)s2)ccn1)c1ccccc1. The fourth-order valence-electron chi connectivity index (χ4n) is 3.44. The lowest BCUT2D eigenvalue weighted by Gasteiger charge is -2.28. The second-order valence-electron chi connectivity index (χ2n) is 7.63. The van der Waals surface area contributed by atoms with Gasteiger partial charge in [0, 0.05) is 17.3 Å². The number of nitrogens with one attached hydrogen (secondary N) is 2. The van der Waals surface area contributed by atoms with Crippen molar-refractivity contribution in [3.8, 4) is 0 Å². The lowest BCUT2D eigenvalue weighted by Crippen LogP contribution is -2.41. The first-order chi connectivity index (χ1) is 16.6. The largest absolute Gasteiger partial charge is 0.383 e. The number of nitrogens with zero attached hydrogens (tertiary/aromatic N) is 3. The number of hydrogen-bond acceptors (Lipinski definition) is 8. The van der Waals surface area contributed by atoms with Crippen LogP contribution in [0.2, 0.25) is 0 Å². The summed E-state index contributed by atoms with van der Waals surface area (Å²) < 4.78 is 0.970. The van der Waals surface area contributed by atoms with Crippen LogP contribution in [0.15, 0.2) is 88.4 Å². The standard InChI is InChI=1S/C25H25N5O2S2/c1-2-12-25(32,18-8-4-3-5-9-18)17-29-23(31)20-15-19(11-14-26-20)33-22-16-28-24(34-22)30-21-10-6-7-13-27-21/h3-11,13-16,32H,2,12,17H2,1H3,(H,29,31)(H,27,28,30). The molecule has 1 amide bonds. The Bertz CT molecular complexity index is 1220. The average Bonchev–Trinajstić information content (AvgIpc) is 3.30. The Morgan fingerprint density at radius 1 is 1.06 bits per heavy atom. The first-order valence-electron chi connectivity index (χ1n) is 10.9. The fourth-order valence-corrected chi connectivity index (χ4v) is 5.33. The molecular weight excluding hydrogens is 466 g/mol. The molecule has 0 spiro atoms. The van der Waals surface area contributed by atoms with Crippen LogP contribution in [0.25, 0.3) is 0 Å². The summed E-state index contributed by atoms with van der Waals surface area (Å²) >= 11 is 3.01.